The van der Waals surface area contributed by atoms with Gasteiger partial charge in [0.2, 0.25) is 0 Å². The Hall–Kier alpha value is -0.950. The molecule has 1 fully saturated rings. The predicted octanol–water partition coefficient (Wildman–Crippen LogP) is 0.765. The summed E-state index contributed by atoms with van der Waals surface area (Å²) in [6.07, 6.45) is -0.848. The third kappa shape index (κ3) is 2.79. The molecule has 1 unspecified atom stereocenters. The summed E-state index contributed by atoms with van der Waals surface area (Å²) in [5.41, 5.74) is 0. The Labute approximate surface area is 94.1 Å². The third-order valence-corrected chi connectivity index (χ3v) is 3.37. The molecule has 1 aliphatic rings. The summed E-state index contributed by atoms with van der Waals surface area (Å²) in [5.74, 6) is 0. The number of hydrogen-bond acceptors (Lipinski definition) is 5. The van der Waals surface area contributed by atoms with E-state index in [1.165, 1.54) is 12.1 Å². The van der Waals surface area contributed by atoms with Crippen molar-refractivity contribution in [3.63, 3.8) is 0 Å². The Kier molecular flexibility index (Phi) is 3.55. The molecule has 6 heteroatoms. The molecule has 2 rings (SSSR count). The van der Waals surface area contributed by atoms with Crippen LogP contribution >= 0.6 is 0 Å². The smallest absolute Gasteiger partial charge is 0.299 e. The number of ether oxygens (including phenoxy) is 2. The Morgan fingerprint density at radius 1 is 1.19 bits per heavy atom. The monoisotopic (exact) mass is 244 g/mol. The lowest BCUT2D eigenvalue weighted by molar-refractivity contribution is -0.168. The van der Waals surface area contributed by atoms with Crippen molar-refractivity contribution in [1.82, 2.24) is 0 Å². The lowest BCUT2D eigenvalue weighted by atomic mass is 10.4. The van der Waals surface area contributed by atoms with Gasteiger partial charge in [-0.05, 0) is 12.1 Å². The van der Waals surface area contributed by atoms with Crippen molar-refractivity contribution in [3.8, 4) is 0 Å². The highest BCUT2D eigenvalue weighted by molar-refractivity contribution is 7.86. The molecule has 0 aromatic heterocycles. The van der Waals surface area contributed by atoms with Gasteiger partial charge < -0.3 is 9.47 Å². The van der Waals surface area contributed by atoms with E-state index in [-0.39, 0.29) is 11.5 Å². The van der Waals surface area contributed by atoms with Crippen LogP contribution < -0.4 is 0 Å². The van der Waals surface area contributed by atoms with Crippen molar-refractivity contribution in [2.75, 3.05) is 19.8 Å². The molecule has 0 spiro atoms. The zero-order valence-electron chi connectivity index (χ0n) is 8.53. The van der Waals surface area contributed by atoms with E-state index in [9.17, 15) is 8.42 Å². The second kappa shape index (κ2) is 4.92. The first-order chi connectivity index (χ1) is 7.68. The van der Waals surface area contributed by atoms with Gasteiger partial charge in [0.25, 0.3) is 10.1 Å². The maximum Gasteiger partial charge on any atom is 0.299 e. The Morgan fingerprint density at radius 2 is 1.94 bits per heavy atom. The van der Waals surface area contributed by atoms with E-state index < -0.39 is 16.4 Å². The molecule has 1 aromatic rings. The zero-order chi connectivity index (χ0) is 11.4. The summed E-state index contributed by atoms with van der Waals surface area (Å²) in [4.78, 5) is 0.115. The summed E-state index contributed by atoms with van der Waals surface area (Å²) in [6.45, 7) is 0.937. The minimum absolute atomic E-state index is 0.115. The van der Waals surface area contributed by atoms with Crippen LogP contribution in [0.15, 0.2) is 35.2 Å². The summed E-state index contributed by atoms with van der Waals surface area (Å²) < 4.78 is 38.5. The lowest BCUT2D eigenvalue weighted by Crippen LogP contribution is -2.32. The Morgan fingerprint density at radius 3 is 2.56 bits per heavy atom. The molecule has 0 amide bonds. The Bertz CT molecular complexity index is 422. The molecule has 88 valence electrons. The minimum atomic E-state index is -3.76. The topological polar surface area (TPSA) is 61.8 Å². The fourth-order valence-corrected chi connectivity index (χ4v) is 2.30. The summed E-state index contributed by atoms with van der Waals surface area (Å²) >= 11 is 0. The lowest BCUT2D eigenvalue weighted by Gasteiger charge is -2.22. The van der Waals surface area contributed by atoms with Crippen molar-refractivity contribution in [1.29, 1.82) is 0 Å². The van der Waals surface area contributed by atoms with Crippen LogP contribution in [-0.4, -0.2) is 34.5 Å². The van der Waals surface area contributed by atoms with E-state index in [1.54, 1.807) is 18.2 Å². The van der Waals surface area contributed by atoms with Gasteiger partial charge in [0.1, 0.15) is 0 Å². The van der Waals surface area contributed by atoms with Crippen molar-refractivity contribution in [2.24, 2.45) is 0 Å². The van der Waals surface area contributed by atoms with Gasteiger partial charge in [-0.3, -0.25) is 0 Å². The van der Waals surface area contributed by atoms with Crippen LogP contribution in [0.25, 0.3) is 0 Å². The average Bonchev–Trinajstić information content (AvgIpc) is 2.31. The first-order valence-corrected chi connectivity index (χ1v) is 6.27. The zero-order valence-corrected chi connectivity index (χ0v) is 9.35. The molecule has 0 bridgehead atoms. The number of benzene rings is 1. The number of hydrogen-bond donors (Lipinski definition) is 0. The standard InChI is InChI=1S/C10H12O5S/c11-16(12,9-4-2-1-3-5-9)15-10-8-13-6-7-14-10/h1-5,10H,6-8H2. The van der Waals surface area contributed by atoms with Crippen LogP contribution in [0.3, 0.4) is 0 Å². The van der Waals surface area contributed by atoms with E-state index in [4.69, 9.17) is 13.7 Å². The second-order valence-corrected chi connectivity index (χ2v) is 4.81. The quantitative estimate of drug-likeness (QED) is 0.735. The van der Waals surface area contributed by atoms with Gasteiger partial charge in [-0.2, -0.15) is 8.42 Å². The molecule has 0 N–H and O–H groups in total. The molecule has 1 saturated heterocycles. The molecule has 0 radical (unpaired) electrons. The molecule has 1 atom stereocenters. The van der Waals surface area contributed by atoms with Gasteiger partial charge in [-0.25, -0.2) is 4.18 Å². The van der Waals surface area contributed by atoms with Gasteiger partial charge >= 0.3 is 0 Å². The second-order valence-electron chi connectivity index (χ2n) is 3.24. The average molecular weight is 244 g/mol. The molecule has 1 heterocycles. The van der Waals surface area contributed by atoms with Gasteiger partial charge in [0, 0.05) is 0 Å². The molecule has 1 aromatic carbocycles. The summed E-state index contributed by atoms with van der Waals surface area (Å²) in [7, 11) is -3.76. The van der Waals surface area contributed by atoms with Crippen molar-refractivity contribution >= 4 is 10.1 Å². The van der Waals surface area contributed by atoms with Crippen LogP contribution in [-0.2, 0) is 23.8 Å². The van der Waals surface area contributed by atoms with Crippen LogP contribution in [0.5, 0.6) is 0 Å². The number of rotatable bonds is 3. The molecule has 0 aliphatic carbocycles. The molecule has 0 saturated carbocycles. The molecule has 1 aliphatic heterocycles. The van der Waals surface area contributed by atoms with Crippen LogP contribution in [0.4, 0.5) is 0 Å². The van der Waals surface area contributed by atoms with Crippen LogP contribution in [0, 0.1) is 0 Å². The Balaban J connectivity index is 2.08. The largest absolute Gasteiger partial charge is 0.374 e. The fourth-order valence-electron chi connectivity index (χ4n) is 1.31. The highest BCUT2D eigenvalue weighted by Gasteiger charge is 2.24. The minimum Gasteiger partial charge on any atom is -0.374 e. The first kappa shape index (κ1) is 11.5. The molecule has 5 nitrogen and oxygen atoms in total. The van der Waals surface area contributed by atoms with Crippen LogP contribution in [0.1, 0.15) is 0 Å². The van der Waals surface area contributed by atoms with E-state index in [1.807, 2.05) is 0 Å². The van der Waals surface area contributed by atoms with E-state index in [2.05, 4.69) is 0 Å². The van der Waals surface area contributed by atoms with E-state index >= 15 is 0 Å². The SMILES string of the molecule is O=S(=O)(OC1COCCO1)c1ccccc1. The van der Waals surface area contributed by atoms with E-state index in [0.29, 0.717) is 13.2 Å². The first-order valence-electron chi connectivity index (χ1n) is 4.86. The maximum atomic E-state index is 11.7. The maximum absolute atomic E-state index is 11.7. The van der Waals surface area contributed by atoms with Gasteiger partial charge in [0.15, 0.2) is 6.29 Å². The van der Waals surface area contributed by atoms with Gasteiger partial charge in [-0.15, -0.1) is 0 Å². The summed E-state index contributed by atoms with van der Waals surface area (Å²) in [6, 6.07) is 7.94. The van der Waals surface area contributed by atoms with E-state index in [0.717, 1.165) is 0 Å². The normalized spacial score (nSPS) is 21.9. The van der Waals surface area contributed by atoms with Gasteiger partial charge in [0.05, 0.1) is 24.7 Å². The highest BCUT2D eigenvalue weighted by Crippen LogP contribution is 2.15. The van der Waals surface area contributed by atoms with Crippen molar-refractivity contribution < 1.29 is 22.1 Å². The fraction of sp³-hybridized carbons (Fsp3) is 0.400. The molecular weight excluding hydrogens is 232 g/mol. The summed E-state index contributed by atoms with van der Waals surface area (Å²) in [5, 5.41) is 0. The van der Waals surface area contributed by atoms with Gasteiger partial charge in [-0.1, -0.05) is 18.2 Å². The highest BCUT2D eigenvalue weighted by atomic mass is 32.2. The van der Waals surface area contributed by atoms with Crippen LogP contribution in [0.2, 0.25) is 0 Å². The third-order valence-electron chi connectivity index (χ3n) is 2.05. The molecular formula is C10H12O5S. The van der Waals surface area contributed by atoms with Crippen molar-refractivity contribution in [2.45, 2.75) is 11.2 Å². The molecule has 16 heavy (non-hydrogen) atoms. The van der Waals surface area contributed by atoms with Crippen molar-refractivity contribution in [3.05, 3.63) is 30.3 Å². The predicted molar refractivity (Wildman–Crippen MR) is 55.3 cm³/mol.